The number of anilines is 1. The van der Waals surface area contributed by atoms with Crippen molar-refractivity contribution in [2.24, 2.45) is 17.8 Å². The van der Waals surface area contributed by atoms with Crippen LogP contribution in [0.25, 0.3) is 0 Å². The minimum Gasteiger partial charge on any atom is -0.480 e. The van der Waals surface area contributed by atoms with Gasteiger partial charge in [-0.3, -0.25) is 19.4 Å². The number of rotatable bonds is 19. The molecule has 282 valence electrons. The van der Waals surface area contributed by atoms with E-state index in [9.17, 15) is 24.3 Å². The Balaban J connectivity index is 1.78. The van der Waals surface area contributed by atoms with Crippen LogP contribution in [0.1, 0.15) is 78.7 Å². The number of benzene rings is 1. The number of likely N-dealkylation sites (N-methyl/N-ethyl adjacent to an activating group) is 1. The fourth-order valence-electron chi connectivity index (χ4n) is 7.21. The summed E-state index contributed by atoms with van der Waals surface area (Å²) in [5.41, 5.74) is 0.797. The third-order valence-electron chi connectivity index (χ3n) is 10.4. The molecule has 2 unspecified atom stereocenters. The van der Waals surface area contributed by atoms with E-state index in [4.69, 9.17) is 9.47 Å². The van der Waals surface area contributed by atoms with Crippen molar-refractivity contribution in [1.82, 2.24) is 25.1 Å². The first-order valence-corrected chi connectivity index (χ1v) is 18.0. The third-order valence-corrected chi connectivity index (χ3v) is 10.4. The van der Waals surface area contributed by atoms with Crippen molar-refractivity contribution in [3.63, 3.8) is 0 Å². The molecule has 2 heterocycles. The summed E-state index contributed by atoms with van der Waals surface area (Å²) >= 11 is 0. The number of carbonyl (C=O) groups is 4. The topological polar surface area (TPSA) is 163 Å². The number of hydrogen-bond donors (Lipinski definition) is 3. The first-order chi connectivity index (χ1) is 24.3. The molecule has 51 heavy (non-hydrogen) atoms. The first kappa shape index (κ1) is 41.3. The Morgan fingerprint density at radius 2 is 1.71 bits per heavy atom. The van der Waals surface area contributed by atoms with Crippen LogP contribution in [0.2, 0.25) is 0 Å². The van der Waals surface area contributed by atoms with E-state index in [1.807, 2.05) is 58.0 Å². The fourth-order valence-corrected chi connectivity index (χ4v) is 7.21. The third kappa shape index (κ3) is 10.5. The lowest BCUT2D eigenvalue weighted by Gasteiger charge is -2.41. The van der Waals surface area contributed by atoms with E-state index in [0.29, 0.717) is 18.8 Å². The molecular weight excluding hydrogens is 652 g/mol. The van der Waals surface area contributed by atoms with Gasteiger partial charge >= 0.3 is 5.97 Å². The molecule has 1 saturated heterocycles. The Labute approximate surface area is 302 Å². The lowest BCUT2D eigenvalue weighted by Crippen LogP contribution is -2.56. The van der Waals surface area contributed by atoms with Crippen molar-refractivity contribution in [2.45, 2.75) is 110 Å². The summed E-state index contributed by atoms with van der Waals surface area (Å²) in [6.45, 7) is 12.0. The van der Waals surface area contributed by atoms with Crippen molar-refractivity contribution in [3.8, 4) is 0 Å². The lowest BCUT2D eigenvalue weighted by molar-refractivity contribution is -0.147. The summed E-state index contributed by atoms with van der Waals surface area (Å²) in [6, 6.07) is 6.64. The lowest BCUT2D eigenvalue weighted by atomic mass is 9.89. The van der Waals surface area contributed by atoms with Crippen LogP contribution < -0.4 is 10.6 Å². The van der Waals surface area contributed by atoms with Gasteiger partial charge in [0.25, 0.3) is 0 Å². The summed E-state index contributed by atoms with van der Waals surface area (Å²) < 4.78 is 11.9. The van der Waals surface area contributed by atoms with Crippen LogP contribution >= 0.6 is 0 Å². The van der Waals surface area contributed by atoms with Crippen LogP contribution in [0.3, 0.4) is 0 Å². The second-order valence-electron chi connectivity index (χ2n) is 14.1. The molecule has 13 heteroatoms. The van der Waals surface area contributed by atoms with Gasteiger partial charge in [0.05, 0.1) is 42.8 Å². The average molecular weight is 711 g/mol. The van der Waals surface area contributed by atoms with E-state index in [0.717, 1.165) is 18.4 Å². The Morgan fingerprint density at radius 1 is 1.02 bits per heavy atom. The van der Waals surface area contributed by atoms with Gasteiger partial charge in [0.15, 0.2) is 0 Å². The Kier molecular flexibility index (Phi) is 15.8. The van der Waals surface area contributed by atoms with Crippen LogP contribution in [0.5, 0.6) is 0 Å². The summed E-state index contributed by atoms with van der Waals surface area (Å²) in [4.78, 5) is 65.9. The van der Waals surface area contributed by atoms with Crippen LogP contribution in [0.4, 0.5) is 5.82 Å². The van der Waals surface area contributed by atoms with Crippen molar-refractivity contribution in [2.75, 3.05) is 33.1 Å². The average Bonchev–Trinajstić information content (AvgIpc) is 3.62. The normalized spacial score (nSPS) is 19.3. The standard InChI is InChI=1S/C38H58N6O7/c1-10-24(4)34(43(7)37(47)32(23(2)3)41-30-22-39-18-19-40-30)29(50-8)21-31(45)44-20-14-17-28(44)35(51-9)26(6)36(46)42-33(38(48)49)25(5)27-15-12-11-13-16-27/h11-13,15-16,18-19,22-26,28-29,32-35H,10,14,17,20-21H2,1-9H3,(H,40,41)(H,42,46)(H,48,49)/t24-,25?,26+,28-,29+,32-,33?,34-,35+/m0/s1. The van der Waals surface area contributed by atoms with E-state index >= 15 is 0 Å². The molecular formula is C38H58N6O7. The maximum atomic E-state index is 14.1. The zero-order chi connectivity index (χ0) is 37.8. The highest BCUT2D eigenvalue weighted by molar-refractivity contribution is 5.86. The molecule has 1 aromatic heterocycles. The van der Waals surface area contributed by atoms with Gasteiger partial charge in [0.1, 0.15) is 17.9 Å². The van der Waals surface area contributed by atoms with Crippen molar-refractivity contribution in [3.05, 3.63) is 54.5 Å². The molecule has 1 aliphatic rings. The van der Waals surface area contributed by atoms with Gasteiger partial charge < -0.3 is 35.0 Å². The molecule has 1 aromatic carbocycles. The fraction of sp³-hybridized carbons (Fsp3) is 0.632. The van der Waals surface area contributed by atoms with Crippen molar-refractivity contribution in [1.29, 1.82) is 0 Å². The van der Waals surface area contributed by atoms with E-state index < -0.39 is 60.1 Å². The molecule has 0 spiro atoms. The second kappa shape index (κ2) is 19.5. The molecule has 2 aromatic rings. The predicted octanol–water partition coefficient (Wildman–Crippen LogP) is 4.21. The summed E-state index contributed by atoms with van der Waals surface area (Å²) in [5.74, 6) is -2.68. The molecule has 9 atom stereocenters. The number of hydrogen-bond acceptors (Lipinski definition) is 9. The number of likely N-dealkylation sites (tertiary alicyclic amines) is 1. The number of ether oxygens (including phenoxy) is 2. The van der Waals surface area contributed by atoms with Gasteiger partial charge in [-0.15, -0.1) is 0 Å². The molecule has 1 aliphatic heterocycles. The minimum absolute atomic E-state index is 0.00584. The predicted molar refractivity (Wildman–Crippen MR) is 195 cm³/mol. The van der Waals surface area contributed by atoms with Gasteiger partial charge in [-0.05, 0) is 30.2 Å². The monoisotopic (exact) mass is 710 g/mol. The Bertz CT molecular complexity index is 1410. The molecule has 0 aliphatic carbocycles. The van der Waals surface area contributed by atoms with Gasteiger partial charge in [-0.1, -0.05) is 78.3 Å². The zero-order valence-electron chi connectivity index (χ0n) is 31.6. The van der Waals surface area contributed by atoms with E-state index in [-0.39, 0.29) is 30.1 Å². The molecule has 0 saturated carbocycles. The quantitative estimate of drug-likeness (QED) is 0.193. The van der Waals surface area contributed by atoms with Crippen molar-refractivity contribution >= 4 is 29.5 Å². The van der Waals surface area contributed by atoms with E-state index in [1.165, 1.54) is 7.11 Å². The summed E-state index contributed by atoms with van der Waals surface area (Å²) in [6.07, 6.45) is 5.56. The first-order valence-electron chi connectivity index (χ1n) is 18.0. The van der Waals surface area contributed by atoms with Crippen LogP contribution in [0, 0.1) is 17.8 Å². The van der Waals surface area contributed by atoms with E-state index in [2.05, 4.69) is 20.6 Å². The highest BCUT2D eigenvalue weighted by Gasteiger charge is 2.43. The molecule has 3 N–H and O–H groups in total. The number of aromatic nitrogens is 2. The SMILES string of the molecule is CC[C@H](C)[C@@H]([C@@H](CC(=O)N1CCC[C@H]1[C@H](OC)[C@@H](C)C(=O)NC(C(=O)O)C(C)c1ccccc1)OC)N(C)C(=O)[C@@H](Nc1cnccn1)C(C)C. The second-order valence-corrected chi connectivity index (χ2v) is 14.1. The number of nitrogens with zero attached hydrogens (tertiary/aromatic N) is 4. The molecule has 1 fully saturated rings. The molecule has 3 amide bonds. The number of amides is 3. The molecule has 0 radical (unpaired) electrons. The van der Waals surface area contributed by atoms with Crippen LogP contribution in [-0.2, 0) is 28.7 Å². The molecule has 0 bridgehead atoms. The number of carbonyl (C=O) groups excluding carboxylic acids is 3. The van der Waals surface area contributed by atoms with Crippen molar-refractivity contribution < 1.29 is 33.8 Å². The summed E-state index contributed by atoms with van der Waals surface area (Å²) in [5, 5.41) is 16.0. The zero-order valence-corrected chi connectivity index (χ0v) is 31.6. The van der Waals surface area contributed by atoms with Gasteiger partial charge in [-0.2, -0.15) is 0 Å². The van der Waals surface area contributed by atoms with Gasteiger partial charge in [0.2, 0.25) is 17.7 Å². The van der Waals surface area contributed by atoms with Gasteiger partial charge in [0, 0.05) is 46.1 Å². The highest BCUT2D eigenvalue weighted by Crippen LogP contribution is 2.30. The number of aliphatic carboxylic acids is 1. The number of carboxylic acids is 1. The Morgan fingerprint density at radius 3 is 2.25 bits per heavy atom. The molecule has 13 nitrogen and oxygen atoms in total. The molecule has 3 rings (SSSR count). The number of carboxylic acid groups (broad SMARTS) is 1. The summed E-state index contributed by atoms with van der Waals surface area (Å²) in [7, 11) is 4.82. The smallest absolute Gasteiger partial charge is 0.326 e. The highest BCUT2D eigenvalue weighted by atomic mass is 16.5. The maximum Gasteiger partial charge on any atom is 0.326 e. The van der Waals surface area contributed by atoms with Crippen LogP contribution in [0.15, 0.2) is 48.9 Å². The van der Waals surface area contributed by atoms with E-state index in [1.54, 1.807) is 56.4 Å². The number of nitrogens with one attached hydrogen (secondary N) is 2. The van der Waals surface area contributed by atoms with Crippen LogP contribution in [-0.4, -0.2) is 113 Å². The van der Waals surface area contributed by atoms with Gasteiger partial charge in [-0.25, -0.2) is 9.78 Å². The number of methoxy groups -OCH3 is 2. The minimum atomic E-state index is -1.15. The maximum absolute atomic E-state index is 14.1. The Hall–Kier alpha value is -4.10. The largest absolute Gasteiger partial charge is 0.480 e.